The lowest BCUT2D eigenvalue weighted by molar-refractivity contribution is -0.114. The Morgan fingerprint density at radius 3 is 2.37 bits per heavy atom. The van der Waals surface area contributed by atoms with Crippen LogP contribution in [0.3, 0.4) is 0 Å². The fourth-order valence-electron chi connectivity index (χ4n) is 4.33. The molecule has 0 aliphatic carbocycles. The van der Waals surface area contributed by atoms with E-state index < -0.39 is 16.1 Å². The van der Waals surface area contributed by atoms with Crippen molar-refractivity contribution in [2.45, 2.75) is 10.9 Å². The molecule has 2 aromatic carbocycles. The number of hydrogen-bond donors (Lipinski definition) is 2. The van der Waals surface area contributed by atoms with Crippen molar-refractivity contribution in [1.29, 1.82) is 0 Å². The minimum atomic E-state index is -4.03. The van der Waals surface area contributed by atoms with E-state index >= 15 is 0 Å². The Morgan fingerprint density at radius 2 is 1.71 bits per heavy atom. The zero-order chi connectivity index (χ0) is 27.0. The molecule has 0 fully saturated rings. The summed E-state index contributed by atoms with van der Waals surface area (Å²) in [5, 5.41) is 2.89. The molecular weight excluding hydrogens is 512 g/mol. The van der Waals surface area contributed by atoms with E-state index in [1.165, 1.54) is 42.2 Å². The summed E-state index contributed by atoms with van der Waals surface area (Å²) in [5.74, 6) is -0.174. The molecule has 13 heteroatoms. The minimum Gasteiger partial charge on any atom is -0.481 e. The van der Waals surface area contributed by atoms with Crippen LogP contribution in [-0.4, -0.2) is 63.0 Å². The summed E-state index contributed by atoms with van der Waals surface area (Å²) >= 11 is 0. The van der Waals surface area contributed by atoms with Crippen LogP contribution in [0.25, 0.3) is 0 Å². The van der Waals surface area contributed by atoms with Gasteiger partial charge in [0.25, 0.3) is 15.9 Å². The maximum absolute atomic E-state index is 13.5. The lowest BCUT2D eigenvalue weighted by Crippen LogP contribution is -2.45. The number of amides is 3. The number of sulfonamides is 1. The molecule has 1 aromatic heterocycles. The zero-order valence-corrected chi connectivity index (χ0v) is 21.5. The summed E-state index contributed by atoms with van der Waals surface area (Å²) in [7, 11) is 0.322. The number of ether oxygens (including phenoxy) is 2. The molecule has 2 aliphatic heterocycles. The Kier molecular flexibility index (Phi) is 6.36. The second-order valence-corrected chi connectivity index (χ2v) is 10.2. The van der Waals surface area contributed by atoms with Gasteiger partial charge in [-0.3, -0.25) is 14.4 Å². The third kappa shape index (κ3) is 4.47. The third-order valence-electron chi connectivity index (χ3n) is 6.26. The number of rotatable bonds is 7. The molecule has 2 N–H and O–H groups in total. The molecule has 1 atom stereocenters. The van der Waals surface area contributed by atoms with Gasteiger partial charge in [0, 0.05) is 18.8 Å². The van der Waals surface area contributed by atoms with Crippen LogP contribution in [0.15, 0.2) is 76.8 Å². The molecule has 1 unspecified atom stereocenters. The minimum absolute atomic E-state index is 0.0310. The van der Waals surface area contributed by atoms with Crippen LogP contribution in [0.5, 0.6) is 11.9 Å². The van der Waals surface area contributed by atoms with E-state index in [-0.39, 0.29) is 41.1 Å². The van der Waals surface area contributed by atoms with Gasteiger partial charge >= 0.3 is 12.0 Å². The van der Waals surface area contributed by atoms with Crippen LogP contribution in [-0.2, 0) is 14.8 Å². The number of benzene rings is 2. The highest BCUT2D eigenvalue weighted by molar-refractivity contribution is 7.92. The average molecular weight is 537 g/mol. The Morgan fingerprint density at radius 1 is 1.00 bits per heavy atom. The van der Waals surface area contributed by atoms with Crippen molar-refractivity contribution >= 4 is 33.5 Å². The first kappa shape index (κ1) is 25.0. The maximum atomic E-state index is 13.5. The maximum Gasteiger partial charge on any atom is 0.322 e. The summed E-state index contributed by atoms with van der Waals surface area (Å²) < 4.78 is 38.4. The molecule has 3 aromatic rings. The van der Waals surface area contributed by atoms with E-state index in [9.17, 15) is 18.0 Å². The second kappa shape index (κ2) is 9.67. The van der Waals surface area contributed by atoms with E-state index in [0.29, 0.717) is 17.0 Å². The van der Waals surface area contributed by atoms with Crippen LogP contribution in [0.2, 0.25) is 0 Å². The number of carbonyl (C=O) groups is 2. The van der Waals surface area contributed by atoms with Crippen LogP contribution in [0.4, 0.5) is 16.3 Å². The molecule has 12 nitrogen and oxygen atoms in total. The van der Waals surface area contributed by atoms with E-state index in [4.69, 9.17) is 9.47 Å². The summed E-state index contributed by atoms with van der Waals surface area (Å²) in [5.41, 5.74) is 2.35. The first-order valence-electron chi connectivity index (χ1n) is 11.5. The summed E-state index contributed by atoms with van der Waals surface area (Å²) in [6, 6.07) is 15.5. The van der Waals surface area contributed by atoms with Gasteiger partial charge in [-0.1, -0.05) is 30.3 Å². The Bertz CT molecular complexity index is 1520. The Hall–Kier alpha value is -4.65. The number of methoxy groups -OCH3 is 2. The largest absolute Gasteiger partial charge is 0.481 e. The van der Waals surface area contributed by atoms with Crippen molar-refractivity contribution < 1.29 is 27.5 Å². The Balaban J connectivity index is 1.39. The van der Waals surface area contributed by atoms with E-state index in [1.807, 2.05) is 30.3 Å². The predicted octanol–water partition coefficient (Wildman–Crippen LogP) is 2.29. The number of aromatic nitrogens is 2. The van der Waals surface area contributed by atoms with Gasteiger partial charge in [-0.15, -0.1) is 0 Å². The number of likely N-dealkylation sites (N-methyl/N-ethyl adjacent to an activating group) is 1. The summed E-state index contributed by atoms with van der Waals surface area (Å²) in [6.45, 7) is 0.173. The number of urea groups is 1. The van der Waals surface area contributed by atoms with Gasteiger partial charge in [-0.25, -0.2) is 13.2 Å². The molecule has 3 amide bonds. The fraction of sp³-hybridized carbons (Fsp3) is 0.200. The highest BCUT2D eigenvalue weighted by atomic mass is 32.2. The first-order valence-corrected chi connectivity index (χ1v) is 12.9. The van der Waals surface area contributed by atoms with Gasteiger partial charge < -0.3 is 19.7 Å². The average Bonchev–Trinajstić information content (AvgIpc) is 3.28. The Labute approximate surface area is 218 Å². The van der Waals surface area contributed by atoms with Crippen molar-refractivity contribution in [3.8, 4) is 11.9 Å². The smallest absolute Gasteiger partial charge is 0.322 e. The normalized spacial score (nSPS) is 17.3. The van der Waals surface area contributed by atoms with Crippen molar-refractivity contribution in [3.63, 3.8) is 0 Å². The molecule has 0 bridgehead atoms. The molecule has 0 radical (unpaired) electrons. The van der Waals surface area contributed by atoms with Crippen molar-refractivity contribution in [3.05, 3.63) is 77.5 Å². The van der Waals surface area contributed by atoms with E-state index in [1.54, 1.807) is 19.2 Å². The molecule has 3 heterocycles. The number of anilines is 2. The number of hydrogen-bond acceptors (Lipinski definition) is 8. The van der Waals surface area contributed by atoms with Crippen LogP contribution in [0, 0.1) is 0 Å². The lowest BCUT2D eigenvalue weighted by Gasteiger charge is -2.31. The predicted molar refractivity (Wildman–Crippen MR) is 137 cm³/mol. The van der Waals surface area contributed by atoms with Gasteiger partial charge in [0.2, 0.25) is 5.88 Å². The zero-order valence-electron chi connectivity index (χ0n) is 20.7. The monoisotopic (exact) mass is 536 g/mol. The van der Waals surface area contributed by atoms with E-state index in [2.05, 4.69) is 20.0 Å². The second-order valence-electron chi connectivity index (χ2n) is 8.49. The van der Waals surface area contributed by atoms with Crippen LogP contribution in [0.1, 0.15) is 11.6 Å². The topological polar surface area (TPSA) is 143 Å². The van der Waals surface area contributed by atoms with Crippen LogP contribution < -0.4 is 24.4 Å². The highest BCUT2D eigenvalue weighted by Gasteiger charge is 2.43. The first-order chi connectivity index (χ1) is 18.2. The molecule has 0 spiro atoms. The lowest BCUT2D eigenvalue weighted by atomic mass is 9.96. The van der Waals surface area contributed by atoms with Gasteiger partial charge in [-0.2, -0.15) is 9.97 Å². The standard InChI is InChI=1S/C25H24N6O6S/c1-30-18-14-31(23(32)21(18)22(28-25(30)33)15-7-5-4-6-8-15)16-9-11-17(12-10-16)38(34,35)29-19-13-20(36-2)27-24(26-19)37-3/h4-13,22H,14H2,1-3H3,(H,28,33)(H,26,27,29). The quantitative estimate of drug-likeness (QED) is 0.468. The SMILES string of the molecule is COc1cc(NS(=O)(=O)c2ccc(N3CC4=C(C3=O)C(c3ccccc3)NC(=O)N4C)cc2)nc(OC)n1. The molecule has 0 saturated heterocycles. The fourth-order valence-corrected chi connectivity index (χ4v) is 5.32. The van der Waals surface area contributed by atoms with Crippen LogP contribution >= 0.6 is 0 Å². The summed E-state index contributed by atoms with van der Waals surface area (Å²) in [6.07, 6.45) is 0. The van der Waals surface area contributed by atoms with Gasteiger partial charge in [-0.05, 0) is 29.8 Å². The molecule has 196 valence electrons. The highest BCUT2D eigenvalue weighted by Crippen LogP contribution is 2.37. The van der Waals surface area contributed by atoms with Crippen molar-refractivity contribution in [2.75, 3.05) is 37.4 Å². The number of carbonyl (C=O) groups excluding carboxylic acids is 2. The number of nitrogens with zero attached hydrogens (tertiary/aromatic N) is 4. The van der Waals surface area contributed by atoms with E-state index in [0.717, 1.165) is 5.56 Å². The van der Waals surface area contributed by atoms with Crippen molar-refractivity contribution in [1.82, 2.24) is 20.2 Å². The molecule has 2 aliphatic rings. The van der Waals surface area contributed by atoms with Gasteiger partial charge in [0.05, 0.1) is 43.0 Å². The summed E-state index contributed by atoms with van der Waals surface area (Å²) in [4.78, 5) is 37.0. The number of nitrogens with one attached hydrogen (secondary N) is 2. The molecule has 5 rings (SSSR count). The molecular formula is C25H24N6O6S. The van der Waals surface area contributed by atoms with Crippen molar-refractivity contribution in [2.24, 2.45) is 0 Å². The van der Waals surface area contributed by atoms with Gasteiger partial charge in [0.1, 0.15) is 0 Å². The third-order valence-corrected chi connectivity index (χ3v) is 7.64. The molecule has 38 heavy (non-hydrogen) atoms. The van der Waals surface area contributed by atoms with Gasteiger partial charge in [0.15, 0.2) is 5.82 Å². The molecule has 0 saturated carbocycles.